The highest BCUT2D eigenvalue weighted by atomic mass is 35.5. The van der Waals surface area contributed by atoms with E-state index in [0.29, 0.717) is 23.8 Å². The molecule has 1 amide bonds. The quantitative estimate of drug-likeness (QED) is 0.850. The van der Waals surface area contributed by atoms with E-state index in [1.165, 1.54) is 0 Å². The van der Waals surface area contributed by atoms with Crippen LogP contribution >= 0.6 is 11.6 Å². The van der Waals surface area contributed by atoms with Gasteiger partial charge in [0, 0.05) is 12.7 Å². The van der Waals surface area contributed by atoms with Crippen LogP contribution in [-0.4, -0.2) is 29.6 Å². The summed E-state index contributed by atoms with van der Waals surface area (Å²) in [6.07, 6.45) is 2.58. The van der Waals surface area contributed by atoms with Gasteiger partial charge in [-0.15, -0.1) is 0 Å². The predicted octanol–water partition coefficient (Wildman–Crippen LogP) is 1.18. The van der Waals surface area contributed by atoms with E-state index in [9.17, 15) is 4.79 Å². The second kappa shape index (κ2) is 5.44. The molecule has 0 bridgehead atoms. The first-order valence-corrected chi connectivity index (χ1v) is 5.85. The molecule has 0 aliphatic carbocycles. The predicted molar refractivity (Wildman–Crippen MR) is 64.8 cm³/mol. The van der Waals surface area contributed by atoms with Gasteiger partial charge in [0.2, 0.25) is 0 Å². The molecule has 5 nitrogen and oxygen atoms in total. The number of nitrogens with zero attached hydrogens (tertiary/aromatic N) is 1. The fourth-order valence-electron chi connectivity index (χ4n) is 1.75. The Morgan fingerprint density at radius 2 is 2.47 bits per heavy atom. The molecule has 2 rings (SSSR count). The second-order valence-electron chi connectivity index (χ2n) is 3.88. The molecule has 3 N–H and O–H groups in total. The van der Waals surface area contributed by atoms with Crippen molar-refractivity contribution in [3.05, 3.63) is 23.4 Å². The van der Waals surface area contributed by atoms with Crippen LogP contribution in [0.4, 0.5) is 5.82 Å². The van der Waals surface area contributed by atoms with E-state index >= 15 is 0 Å². The fraction of sp³-hybridized carbons (Fsp3) is 0.455. The summed E-state index contributed by atoms with van der Waals surface area (Å²) < 4.78 is 5.48. The number of amides is 1. The minimum atomic E-state index is -0.457. The van der Waals surface area contributed by atoms with E-state index in [-0.39, 0.29) is 12.0 Å². The molecule has 2 heterocycles. The van der Waals surface area contributed by atoms with Gasteiger partial charge in [0.15, 0.2) is 5.82 Å². The Bertz CT molecular complexity index is 413. The van der Waals surface area contributed by atoms with Crippen molar-refractivity contribution >= 4 is 23.3 Å². The molecule has 0 radical (unpaired) electrons. The number of ether oxygens (including phenoxy) is 1. The van der Waals surface area contributed by atoms with Crippen molar-refractivity contribution in [2.75, 3.05) is 11.9 Å². The highest BCUT2D eigenvalue weighted by Crippen LogP contribution is 2.22. The molecule has 6 heteroatoms. The Labute approximate surface area is 104 Å². The summed E-state index contributed by atoms with van der Waals surface area (Å²) >= 11 is 5.89. The molecular weight excluding hydrogens is 242 g/mol. The Morgan fingerprint density at radius 1 is 1.65 bits per heavy atom. The minimum Gasteiger partial charge on any atom is -0.364 e. The number of halogens is 1. The third-order valence-corrected chi connectivity index (χ3v) is 2.97. The Kier molecular flexibility index (Phi) is 3.93. The Morgan fingerprint density at radius 3 is 3.12 bits per heavy atom. The fourth-order valence-corrected chi connectivity index (χ4v) is 1.92. The van der Waals surface area contributed by atoms with Crippen molar-refractivity contribution < 1.29 is 9.53 Å². The van der Waals surface area contributed by atoms with Crippen LogP contribution in [-0.2, 0) is 9.53 Å². The minimum absolute atomic E-state index is 0.0232. The van der Waals surface area contributed by atoms with Crippen molar-refractivity contribution in [2.24, 2.45) is 5.73 Å². The van der Waals surface area contributed by atoms with Gasteiger partial charge in [0.05, 0.1) is 11.1 Å². The van der Waals surface area contributed by atoms with Gasteiger partial charge in [0.25, 0.3) is 5.91 Å². The van der Waals surface area contributed by atoms with Gasteiger partial charge in [-0.25, -0.2) is 4.98 Å². The van der Waals surface area contributed by atoms with Crippen molar-refractivity contribution in [2.45, 2.75) is 25.0 Å². The van der Waals surface area contributed by atoms with Crippen LogP contribution in [0.25, 0.3) is 0 Å². The topological polar surface area (TPSA) is 77.2 Å². The lowest BCUT2D eigenvalue weighted by molar-refractivity contribution is -0.126. The number of nitrogens with one attached hydrogen (secondary N) is 1. The van der Waals surface area contributed by atoms with E-state index < -0.39 is 6.10 Å². The summed E-state index contributed by atoms with van der Waals surface area (Å²) in [6, 6.07) is 3.37. The summed E-state index contributed by atoms with van der Waals surface area (Å²) in [7, 11) is 0. The average Bonchev–Trinajstić information content (AvgIpc) is 2.81. The zero-order valence-corrected chi connectivity index (χ0v) is 9.98. The number of hydrogen-bond donors (Lipinski definition) is 2. The highest BCUT2D eigenvalue weighted by Gasteiger charge is 2.30. The lowest BCUT2D eigenvalue weighted by atomic mass is 10.2. The third kappa shape index (κ3) is 2.94. The maximum atomic E-state index is 11.9. The monoisotopic (exact) mass is 255 g/mol. The summed E-state index contributed by atoms with van der Waals surface area (Å²) in [4.78, 5) is 15.8. The number of hydrogen-bond acceptors (Lipinski definition) is 4. The van der Waals surface area contributed by atoms with Crippen molar-refractivity contribution in [1.82, 2.24) is 4.98 Å². The Hall–Kier alpha value is -1.17. The normalized spacial score (nSPS) is 23.6. The molecule has 0 aromatic carbocycles. The van der Waals surface area contributed by atoms with Crippen molar-refractivity contribution in [1.29, 1.82) is 0 Å². The molecule has 2 atom stereocenters. The highest BCUT2D eigenvalue weighted by molar-refractivity contribution is 6.33. The van der Waals surface area contributed by atoms with Crippen LogP contribution in [0, 0.1) is 0 Å². The Balaban J connectivity index is 1.96. The van der Waals surface area contributed by atoms with E-state index in [2.05, 4.69) is 10.3 Å². The molecule has 1 fully saturated rings. The van der Waals surface area contributed by atoms with Gasteiger partial charge >= 0.3 is 0 Å². The van der Waals surface area contributed by atoms with Crippen LogP contribution in [0.1, 0.15) is 12.8 Å². The summed E-state index contributed by atoms with van der Waals surface area (Å²) in [5, 5.41) is 3.06. The number of pyridine rings is 1. The molecule has 17 heavy (non-hydrogen) atoms. The van der Waals surface area contributed by atoms with Gasteiger partial charge in [-0.05, 0) is 25.0 Å². The smallest absolute Gasteiger partial charge is 0.254 e. The maximum Gasteiger partial charge on any atom is 0.254 e. The van der Waals surface area contributed by atoms with Crippen molar-refractivity contribution in [3.63, 3.8) is 0 Å². The largest absolute Gasteiger partial charge is 0.364 e. The molecule has 2 unspecified atom stereocenters. The number of nitrogens with two attached hydrogens (primary N) is 1. The van der Waals surface area contributed by atoms with Crippen LogP contribution in [0.2, 0.25) is 5.02 Å². The van der Waals surface area contributed by atoms with E-state index in [4.69, 9.17) is 22.1 Å². The number of carbonyl (C=O) groups is 1. The average molecular weight is 256 g/mol. The lowest BCUT2D eigenvalue weighted by Gasteiger charge is -2.12. The molecular formula is C11H14ClN3O2. The molecule has 1 aromatic rings. The van der Waals surface area contributed by atoms with E-state index in [0.717, 1.165) is 6.42 Å². The SMILES string of the molecule is NCC1CCC(C(=O)Nc2ncccc2Cl)O1. The second-order valence-corrected chi connectivity index (χ2v) is 4.29. The van der Waals surface area contributed by atoms with Crippen molar-refractivity contribution in [3.8, 4) is 0 Å². The van der Waals surface area contributed by atoms with Gasteiger partial charge < -0.3 is 15.8 Å². The van der Waals surface area contributed by atoms with E-state index in [1.54, 1.807) is 18.3 Å². The van der Waals surface area contributed by atoms with Gasteiger partial charge in [-0.2, -0.15) is 0 Å². The first-order valence-electron chi connectivity index (χ1n) is 5.47. The summed E-state index contributed by atoms with van der Waals surface area (Å²) in [5.41, 5.74) is 5.48. The molecule has 0 saturated carbocycles. The summed E-state index contributed by atoms with van der Waals surface area (Å²) in [5.74, 6) is 0.139. The van der Waals surface area contributed by atoms with Gasteiger partial charge in [-0.3, -0.25) is 4.79 Å². The zero-order chi connectivity index (χ0) is 12.3. The number of carbonyl (C=O) groups excluding carboxylic acids is 1. The maximum absolute atomic E-state index is 11.9. The van der Waals surface area contributed by atoms with Crippen LogP contribution in [0.5, 0.6) is 0 Å². The van der Waals surface area contributed by atoms with Crippen LogP contribution in [0.3, 0.4) is 0 Å². The first kappa shape index (κ1) is 12.3. The summed E-state index contributed by atoms with van der Waals surface area (Å²) in [6.45, 7) is 0.439. The molecule has 1 aromatic heterocycles. The van der Waals surface area contributed by atoms with Crippen LogP contribution < -0.4 is 11.1 Å². The third-order valence-electron chi connectivity index (χ3n) is 2.66. The standard InChI is InChI=1S/C11H14ClN3O2/c12-8-2-1-5-14-10(8)15-11(16)9-4-3-7(6-13)17-9/h1-2,5,7,9H,3-4,6,13H2,(H,14,15,16). The molecule has 1 saturated heterocycles. The number of rotatable bonds is 3. The van der Waals surface area contributed by atoms with Gasteiger partial charge in [0.1, 0.15) is 6.10 Å². The number of aromatic nitrogens is 1. The first-order chi connectivity index (χ1) is 8.20. The van der Waals surface area contributed by atoms with Crippen LogP contribution in [0.15, 0.2) is 18.3 Å². The van der Waals surface area contributed by atoms with E-state index in [1.807, 2.05) is 0 Å². The lowest BCUT2D eigenvalue weighted by Crippen LogP contribution is -2.30. The number of anilines is 1. The van der Waals surface area contributed by atoms with Gasteiger partial charge in [-0.1, -0.05) is 11.6 Å². The molecule has 0 spiro atoms. The zero-order valence-electron chi connectivity index (χ0n) is 9.23. The molecule has 1 aliphatic rings. The molecule has 1 aliphatic heterocycles. The molecule has 92 valence electrons.